The van der Waals surface area contributed by atoms with Gasteiger partial charge >= 0.3 is 0 Å². The Morgan fingerprint density at radius 3 is 2.53 bits per heavy atom. The number of allylic oxidation sites excluding steroid dienone is 4. The van der Waals surface area contributed by atoms with E-state index in [4.69, 9.17) is 4.74 Å². The Kier molecular flexibility index (Phi) is 14.5. The minimum absolute atomic E-state index is 0.150. The van der Waals surface area contributed by atoms with E-state index in [0.717, 1.165) is 42.0 Å². The largest absolute Gasteiger partial charge is 0.498 e. The zero-order valence-corrected chi connectivity index (χ0v) is 23.5. The highest BCUT2D eigenvalue weighted by molar-refractivity contribution is 5.79. The molecule has 1 saturated carbocycles. The maximum atomic E-state index is 11.1. The van der Waals surface area contributed by atoms with Crippen LogP contribution in [0.3, 0.4) is 0 Å². The third-order valence-corrected chi connectivity index (χ3v) is 5.78. The van der Waals surface area contributed by atoms with Gasteiger partial charge in [-0.25, -0.2) is 0 Å². The molecule has 1 aromatic heterocycles. The van der Waals surface area contributed by atoms with Gasteiger partial charge in [-0.05, 0) is 73.9 Å². The molecule has 0 saturated heterocycles. The molecule has 36 heavy (non-hydrogen) atoms. The lowest BCUT2D eigenvalue weighted by Crippen LogP contribution is -2.27. The normalized spacial score (nSPS) is 17.8. The maximum Gasteiger partial charge on any atom is 0.0928 e. The van der Waals surface area contributed by atoms with Crippen LogP contribution in [-0.2, 0) is 4.74 Å². The van der Waals surface area contributed by atoms with Gasteiger partial charge in [-0.2, -0.15) is 0 Å². The van der Waals surface area contributed by atoms with Crippen LogP contribution in [0.5, 0.6) is 0 Å². The number of aromatic nitrogens is 1. The zero-order valence-electron chi connectivity index (χ0n) is 23.5. The molecule has 198 valence electrons. The number of rotatable bonds is 11. The van der Waals surface area contributed by atoms with Gasteiger partial charge in [0, 0.05) is 29.2 Å². The van der Waals surface area contributed by atoms with E-state index in [2.05, 4.69) is 67.6 Å². The predicted molar refractivity (Wildman–Crippen MR) is 155 cm³/mol. The van der Waals surface area contributed by atoms with Gasteiger partial charge in [-0.1, -0.05) is 72.1 Å². The van der Waals surface area contributed by atoms with Crippen LogP contribution in [0.15, 0.2) is 84.9 Å². The molecule has 1 aromatic carbocycles. The lowest BCUT2D eigenvalue weighted by Gasteiger charge is -2.18. The van der Waals surface area contributed by atoms with E-state index in [1.807, 2.05) is 59.0 Å². The molecule has 0 bridgehead atoms. The molecular formula is C32H47FN2O. The second-order valence-electron chi connectivity index (χ2n) is 9.34. The van der Waals surface area contributed by atoms with Crippen LogP contribution in [-0.4, -0.2) is 24.3 Å². The average molecular weight is 495 g/mol. The van der Waals surface area contributed by atoms with E-state index in [9.17, 15) is 4.39 Å². The van der Waals surface area contributed by atoms with Gasteiger partial charge in [-0.3, -0.25) is 9.37 Å². The molecule has 0 amide bonds. The van der Waals surface area contributed by atoms with Gasteiger partial charge in [-0.15, -0.1) is 0 Å². The molecule has 1 heterocycles. The van der Waals surface area contributed by atoms with Crippen LogP contribution in [0.4, 0.5) is 4.39 Å². The molecule has 2 aromatic rings. The highest BCUT2D eigenvalue weighted by atomic mass is 19.1. The first-order valence-corrected chi connectivity index (χ1v) is 13.3. The summed E-state index contributed by atoms with van der Waals surface area (Å²) in [5, 5.41) is 4.78. The van der Waals surface area contributed by atoms with E-state index < -0.39 is 0 Å². The number of hydrogen-bond acceptors (Lipinski definition) is 3. The number of ether oxygens (including phenoxy) is 1. The van der Waals surface area contributed by atoms with Crippen molar-refractivity contribution >= 4 is 10.9 Å². The van der Waals surface area contributed by atoms with E-state index in [-0.39, 0.29) is 18.6 Å². The van der Waals surface area contributed by atoms with Gasteiger partial charge < -0.3 is 10.1 Å². The summed E-state index contributed by atoms with van der Waals surface area (Å²) in [6, 6.07) is 10.9. The molecule has 0 aliphatic heterocycles. The fourth-order valence-corrected chi connectivity index (χ4v) is 3.66. The lowest BCUT2D eigenvalue weighted by molar-refractivity contribution is 0.214. The Bertz CT molecular complexity index is 1010. The number of nitrogens with zero attached hydrogens (tertiary/aromatic N) is 1. The molecule has 3 unspecified atom stereocenters. The number of nitrogens with one attached hydrogen (secondary N) is 1. The summed E-state index contributed by atoms with van der Waals surface area (Å²) in [6.45, 7) is 22.8. The third kappa shape index (κ3) is 10.4. The predicted octanol–water partition coefficient (Wildman–Crippen LogP) is 8.91. The summed E-state index contributed by atoms with van der Waals surface area (Å²) in [7, 11) is 0. The number of halogens is 1. The highest BCUT2D eigenvalue weighted by Crippen LogP contribution is 2.51. The molecule has 0 radical (unpaired) electrons. The van der Waals surface area contributed by atoms with Crippen LogP contribution in [0, 0.1) is 11.8 Å². The first kappa shape index (κ1) is 31.2. The van der Waals surface area contributed by atoms with Crippen LogP contribution in [0.25, 0.3) is 10.9 Å². The summed E-state index contributed by atoms with van der Waals surface area (Å²) < 4.78 is 16.7. The third-order valence-electron chi connectivity index (χ3n) is 5.78. The second kappa shape index (κ2) is 16.7. The molecule has 3 rings (SSSR count). The lowest BCUT2D eigenvalue weighted by atomic mass is 10.0. The SMILES string of the molecule is C=C/C(=C\C=C(/C)OCCC)C(C)NC(=C)C1CC1c1ccc2ncccc2c1.CC.CC(C)CF. The Morgan fingerprint density at radius 2 is 1.92 bits per heavy atom. The van der Waals surface area contributed by atoms with Gasteiger partial charge in [0.2, 0.25) is 0 Å². The zero-order chi connectivity index (χ0) is 27.1. The van der Waals surface area contributed by atoms with Crippen LogP contribution < -0.4 is 5.32 Å². The Hall–Kier alpha value is -2.88. The fourth-order valence-electron chi connectivity index (χ4n) is 3.66. The number of hydrogen-bond donors (Lipinski definition) is 1. The summed E-state index contributed by atoms with van der Waals surface area (Å²) in [5.41, 5.74) is 4.65. The molecule has 0 spiro atoms. The molecule has 1 aliphatic carbocycles. The van der Waals surface area contributed by atoms with Crippen molar-refractivity contribution in [3.63, 3.8) is 0 Å². The Morgan fingerprint density at radius 1 is 1.22 bits per heavy atom. The van der Waals surface area contributed by atoms with Gasteiger partial charge in [0.25, 0.3) is 0 Å². The standard InChI is InChI=1S/C26H32N2O.C4H9F.C2H6/c1-6-15-29-18(3)10-11-21(7-2)19(4)28-20(5)24-17-25(24)22-12-13-26-23(16-22)9-8-14-27-26;1-4(2)3-5;1-2/h7-14,16,19,24-25,28H,2,5-6,15,17H2,1,3-4H3;4H,3H2,1-2H3;1-2H3/b18-10+,21-11+;;. The second-order valence-corrected chi connectivity index (χ2v) is 9.34. The van der Waals surface area contributed by atoms with Crippen molar-refractivity contribution < 1.29 is 9.13 Å². The average Bonchev–Trinajstić information content (AvgIpc) is 3.70. The molecule has 3 nitrogen and oxygen atoms in total. The molecule has 1 fully saturated rings. The van der Waals surface area contributed by atoms with E-state index >= 15 is 0 Å². The van der Waals surface area contributed by atoms with Gasteiger partial charge in [0.15, 0.2) is 0 Å². The van der Waals surface area contributed by atoms with E-state index in [1.54, 1.807) is 0 Å². The number of benzene rings is 1. The molecular weight excluding hydrogens is 447 g/mol. The quantitative estimate of drug-likeness (QED) is 0.250. The number of fused-ring (bicyclic) bond motifs is 1. The number of pyridine rings is 1. The summed E-state index contributed by atoms with van der Waals surface area (Å²) >= 11 is 0. The summed E-state index contributed by atoms with van der Waals surface area (Å²) in [6.07, 6.45) is 9.97. The van der Waals surface area contributed by atoms with Crippen molar-refractivity contribution in [1.29, 1.82) is 0 Å². The minimum atomic E-state index is -0.194. The smallest absolute Gasteiger partial charge is 0.0928 e. The van der Waals surface area contributed by atoms with Gasteiger partial charge in [0.05, 0.1) is 24.6 Å². The van der Waals surface area contributed by atoms with Crippen molar-refractivity contribution in [3.8, 4) is 0 Å². The summed E-state index contributed by atoms with van der Waals surface area (Å²) in [5.74, 6) is 2.15. The molecule has 4 heteroatoms. The van der Waals surface area contributed by atoms with E-state index in [0.29, 0.717) is 11.8 Å². The number of alkyl halides is 1. The van der Waals surface area contributed by atoms with E-state index in [1.165, 1.54) is 10.9 Å². The van der Waals surface area contributed by atoms with Crippen molar-refractivity contribution in [2.24, 2.45) is 11.8 Å². The highest BCUT2D eigenvalue weighted by Gasteiger charge is 2.40. The Labute approximate surface area is 219 Å². The monoisotopic (exact) mass is 494 g/mol. The summed E-state index contributed by atoms with van der Waals surface area (Å²) in [4.78, 5) is 4.41. The first-order valence-electron chi connectivity index (χ1n) is 13.3. The Balaban J connectivity index is 0.000000826. The van der Waals surface area contributed by atoms with Crippen molar-refractivity contribution in [2.75, 3.05) is 13.3 Å². The fraction of sp³-hybridized carbons (Fsp3) is 0.469. The van der Waals surface area contributed by atoms with Crippen LogP contribution in [0.2, 0.25) is 0 Å². The molecule has 1 N–H and O–H groups in total. The molecule has 1 aliphatic rings. The topological polar surface area (TPSA) is 34.1 Å². The van der Waals surface area contributed by atoms with Crippen molar-refractivity contribution in [2.45, 2.75) is 73.3 Å². The van der Waals surface area contributed by atoms with Crippen LogP contribution >= 0.6 is 0 Å². The first-order chi connectivity index (χ1) is 17.3. The van der Waals surface area contributed by atoms with Gasteiger partial charge in [0.1, 0.15) is 0 Å². The van der Waals surface area contributed by atoms with Crippen molar-refractivity contribution in [1.82, 2.24) is 10.3 Å². The van der Waals surface area contributed by atoms with Crippen LogP contribution in [0.1, 0.15) is 72.8 Å². The molecule has 3 atom stereocenters. The minimum Gasteiger partial charge on any atom is -0.498 e. The maximum absolute atomic E-state index is 11.1. The van der Waals surface area contributed by atoms with Crippen molar-refractivity contribution in [3.05, 3.63) is 90.5 Å².